The molecule has 1 fully saturated rings. The van der Waals surface area contributed by atoms with Crippen LogP contribution in [0.5, 0.6) is 5.75 Å². The molecule has 0 saturated carbocycles. The Labute approximate surface area is 257 Å². The highest BCUT2D eigenvalue weighted by Gasteiger charge is 2.66. The number of fused-ring (bicyclic) bond motifs is 2. The number of carbonyl (C=O) groups is 2. The van der Waals surface area contributed by atoms with Crippen LogP contribution in [0.1, 0.15) is 37.1 Å². The normalized spacial score (nSPS) is 23.7. The highest BCUT2D eigenvalue weighted by atomic mass is 28.4. The van der Waals surface area contributed by atoms with E-state index in [1.54, 1.807) is 60.2 Å². The number of aliphatic hydroxyl groups is 2. The van der Waals surface area contributed by atoms with Crippen molar-refractivity contribution < 1.29 is 33.4 Å². The summed E-state index contributed by atoms with van der Waals surface area (Å²) in [7, 11) is -1.80. The number of benzene rings is 2. The summed E-state index contributed by atoms with van der Waals surface area (Å²) in [6, 6.07) is 12.5. The van der Waals surface area contributed by atoms with Crippen molar-refractivity contribution in [2.24, 2.45) is 5.92 Å². The van der Waals surface area contributed by atoms with E-state index < -0.39 is 43.6 Å². The molecule has 44 heavy (non-hydrogen) atoms. The minimum Gasteiger partial charge on any atom is -0.497 e. The molecule has 236 valence electrons. The highest BCUT2D eigenvalue weighted by molar-refractivity contribution is 6.72. The van der Waals surface area contributed by atoms with E-state index in [2.05, 4.69) is 15.6 Å². The molecule has 2 aliphatic heterocycles. The number of methoxy groups -OCH3 is 1. The van der Waals surface area contributed by atoms with Gasteiger partial charge in [0.1, 0.15) is 11.9 Å². The Kier molecular flexibility index (Phi) is 8.94. The van der Waals surface area contributed by atoms with E-state index in [0.717, 1.165) is 5.56 Å². The van der Waals surface area contributed by atoms with Crippen molar-refractivity contribution in [3.05, 3.63) is 65.5 Å². The maximum atomic E-state index is 16.2. The molecule has 1 spiro atoms. The molecule has 11 nitrogen and oxygen atoms in total. The molecule has 5 rings (SSSR count). The topological polar surface area (TPSA) is 139 Å². The Morgan fingerprint density at radius 2 is 2.05 bits per heavy atom. The monoisotopic (exact) mass is 625 g/mol. The number of amides is 2. The van der Waals surface area contributed by atoms with Gasteiger partial charge in [-0.1, -0.05) is 24.3 Å². The Bertz CT molecular complexity index is 1530. The number of nitrogens with one attached hydrogen (secondary N) is 1. The largest absolute Gasteiger partial charge is 0.497 e. The van der Waals surface area contributed by atoms with E-state index >= 15 is 4.11 Å². The molecular formula is C31H40FN5O6Si. The molecule has 1 aromatic heterocycles. The van der Waals surface area contributed by atoms with Crippen LogP contribution < -0.4 is 15.0 Å². The second-order valence-electron chi connectivity index (χ2n) is 12.1. The van der Waals surface area contributed by atoms with Crippen LogP contribution in [-0.4, -0.2) is 71.4 Å². The van der Waals surface area contributed by atoms with Crippen LogP contribution in [0.4, 0.5) is 15.5 Å². The molecule has 2 aliphatic rings. The summed E-state index contributed by atoms with van der Waals surface area (Å²) in [5, 5.41) is 29.7. The molecule has 0 radical (unpaired) electrons. The van der Waals surface area contributed by atoms with Gasteiger partial charge >= 0.3 is 0 Å². The summed E-state index contributed by atoms with van der Waals surface area (Å²) < 4.78 is 30.2. The lowest BCUT2D eigenvalue weighted by molar-refractivity contribution is -0.146. The van der Waals surface area contributed by atoms with E-state index in [9.17, 15) is 19.8 Å². The van der Waals surface area contributed by atoms with Crippen LogP contribution in [0, 0.1) is 5.92 Å². The highest BCUT2D eigenvalue weighted by Crippen LogP contribution is 2.60. The molecule has 0 unspecified atom stereocenters. The quantitative estimate of drug-likeness (QED) is 0.217. The average Bonchev–Trinajstić information content (AvgIpc) is 3.62. The smallest absolute Gasteiger partial charge is 0.264 e. The van der Waals surface area contributed by atoms with Crippen molar-refractivity contribution in [1.82, 2.24) is 15.0 Å². The fraction of sp³-hybridized carbons (Fsp3) is 0.484. The fourth-order valence-corrected chi connectivity index (χ4v) is 9.24. The molecule has 3 heterocycles. The SMILES string of the molecule is COc1ccc2c(c1)[C@]1(O[C@@H](CCn3cc(CCO)nn3)[C@H]([Si](C)(C)F)[C@H]1C)C(=O)N2Cc1cccc(NC(=O)[C@H](C)O)c1. The van der Waals surface area contributed by atoms with Gasteiger partial charge in [0.05, 0.1) is 31.1 Å². The number of rotatable bonds is 11. The second-order valence-corrected chi connectivity index (χ2v) is 15.9. The molecule has 0 bridgehead atoms. The van der Waals surface area contributed by atoms with Crippen LogP contribution in [0.25, 0.3) is 0 Å². The molecule has 13 heteroatoms. The summed E-state index contributed by atoms with van der Waals surface area (Å²) >= 11 is 0. The van der Waals surface area contributed by atoms with E-state index in [4.69, 9.17) is 9.47 Å². The number of aromatic nitrogens is 3. The number of aryl methyl sites for hydroxylation is 1. The zero-order valence-corrected chi connectivity index (χ0v) is 26.7. The van der Waals surface area contributed by atoms with Crippen LogP contribution in [0.2, 0.25) is 18.6 Å². The molecule has 2 amide bonds. The van der Waals surface area contributed by atoms with Crippen LogP contribution in [0.15, 0.2) is 48.7 Å². The predicted octanol–water partition coefficient (Wildman–Crippen LogP) is 3.55. The number of ether oxygens (including phenoxy) is 2. The number of hydrogen-bond acceptors (Lipinski definition) is 8. The number of nitrogens with zero attached hydrogens (tertiary/aromatic N) is 4. The number of anilines is 2. The number of hydrogen-bond donors (Lipinski definition) is 3. The first kappa shape index (κ1) is 31.8. The second kappa shape index (κ2) is 12.4. The lowest BCUT2D eigenvalue weighted by atomic mass is 9.82. The lowest BCUT2D eigenvalue weighted by Crippen LogP contribution is -2.45. The first-order valence-corrected chi connectivity index (χ1v) is 17.8. The maximum absolute atomic E-state index is 16.2. The predicted molar refractivity (Wildman–Crippen MR) is 164 cm³/mol. The molecule has 2 aromatic carbocycles. The molecule has 1 saturated heterocycles. The zero-order valence-electron chi connectivity index (χ0n) is 25.7. The Morgan fingerprint density at radius 3 is 2.73 bits per heavy atom. The standard InChI is InChI=1S/C31H40FN5O6Si/c1-19-28(44(4,5)32)27(11-13-36-18-23(12-14-38)34-35-36)43-31(19)25-16-24(42-3)9-10-26(25)37(30(31)41)17-21-7-6-8-22(15-21)33-29(40)20(2)39/h6-10,15-16,18-20,27-28,38-39H,11-14,17H2,1-5H3,(H,33,40)/t19-,20+,27+,28-,31+/m1/s1. The van der Waals surface area contributed by atoms with Crippen molar-refractivity contribution in [1.29, 1.82) is 0 Å². The Morgan fingerprint density at radius 1 is 1.27 bits per heavy atom. The minimum absolute atomic E-state index is 0.0313. The number of halogens is 1. The van der Waals surface area contributed by atoms with Crippen molar-refractivity contribution in [2.45, 2.75) is 76.2 Å². The summed E-state index contributed by atoms with van der Waals surface area (Å²) in [6.07, 6.45) is 0.863. The first-order valence-electron chi connectivity index (χ1n) is 14.8. The van der Waals surface area contributed by atoms with Gasteiger partial charge in [0.25, 0.3) is 11.8 Å². The lowest BCUT2D eigenvalue weighted by Gasteiger charge is -2.31. The van der Waals surface area contributed by atoms with E-state index in [0.29, 0.717) is 47.8 Å². The summed E-state index contributed by atoms with van der Waals surface area (Å²) in [5.74, 6) is -0.718. The molecule has 3 N–H and O–H groups in total. The average molecular weight is 626 g/mol. The van der Waals surface area contributed by atoms with Gasteiger partial charge in [0.15, 0.2) is 5.60 Å². The van der Waals surface area contributed by atoms with E-state index in [-0.39, 0.29) is 19.1 Å². The third-order valence-electron chi connectivity index (χ3n) is 8.68. The maximum Gasteiger partial charge on any atom is 0.264 e. The van der Waals surface area contributed by atoms with Gasteiger partial charge in [0.2, 0.25) is 8.41 Å². The van der Waals surface area contributed by atoms with Crippen LogP contribution in [-0.2, 0) is 39.4 Å². The molecular weight excluding hydrogens is 585 g/mol. The molecule has 5 atom stereocenters. The van der Waals surface area contributed by atoms with E-state index in [1.165, 1.54) is 6.92 Å². The van der Waals surface area contributed by atoms with Gasteiger partial charge in [-0.25, -0.2) is 0 Å². The number of carbonyl (C=O) groups excluding carboxylic acids is 2. The van der Waals surface area contributed by atoms with Gasteiger partial charge in [-0.05, 0) is 62.3 Å². The molecule has 3 aromatic rings. The van der Waals surface area contributed by atoms with Crippen molar-refractivity contribution in [3.8, 4) is 5.75 Å². The fourth-order valence-electron chi connectivity index (χ4n) is 6.69. The van der Waals surface area contributed by atoms with Gasteiger partial charge in [-0.15, -0.1) is 5.10 Å². The van der Waals surface area contributed by atoms with Gasteiger partial charge in [0, 0.05) is 48.5 Å². The first-order chi connectivity index (χ1) is 20.9. The number of aliphatic hydroxyl groups excluding tert-OH is 2. The van der Waals surface area contributed by atoms with Gasteiger partial charge < -0.3 is 34.0 Å². The Hall–Kier alpha value is -3.65. The molecule has 0 aliphatic carbocycles. The zero-order chi connectivity index (χ0) is 31.8. The van der Waals surface area contributed by atoms with Crippen molar-refractivity contribution in [2.75, 3.05) is 23.9 Å². The van der Waals surface area contributed by atoms with Crippen LogP contribution >= 0.6 is 0 Å². The Balaban J connectivity index is 1.49. The summed E-state index contributed by atoms with van der Waals surface area (Å²) in [6.45, 7) is 7.19. The van der Waals surface area contributed by atoms with E-state index in [1.807, 2.05) is 25.1 Å². The van der Waals surface area contributed by atoms with Crippen molar-refractivity contribution in [3.63, 3.8) is 0 Å². The third-order valence-corrected chi connectivity index (χ3v) is 11.1. The summed E-state index contributed by atoms with van der Waals surface area (Å²) in [4.78, 5) is 28.3. The van der Waals surface area contributed by atoms with Crippen LogP contribution in [0.3, 0.4) is 0 Å². The van der Waals surface area contributed by atoms with Crippen molar-refractivity contribution >= 4 is 31.6 Å². The van der Waals surface area contributed by atoms with Gasteiger partial charge in [-0.2, -0.15) is 0 Å². The third kappa shape index (κ3) is 5.88. The van der Waals surface area contributed by atoms with Gasteiger partial charge in [-0.3, -0.25) is 14.3 Å². The minimum atomic E-state index is -3.36. The summed E-state index contributed by atoms with van der Waals surface area (Å²) in [5.41, 5.74) is 1.31.